The molecular weight excluding hydrogens is 358 g/mol. The Morgan fingerprint density at radius 3 is 2.73 bits per heavy atom. The van der Waals surface area contributed by atoms with Crippen LogP contribution in [-0.2, 0) is 9.59 Å². The summed E-state index contributed by atoms with van der Waals surface area (Å²) in [6.07, 6.45) is 2.20. The zero-order valence-electron chi connectivity index (χ0n) is 14.8. The molecule has 2 aromatic rings. The lowest BCUT2D eigenvalue weighted by molar-refractivity contribution is -0.128. The molecule has 0 aliphatic rings. The highest BCUT2D eigenvalue weighted by atomic mass is 35.5. The summed E-state index contributed by atoms with van der Waals surface area (Å²) < 4.78 is 0. The van der Waals surface area contributed by atoms with Crippen LogP contribution in [-0.4, -0.2) is 58.8 Å². The third-order valence-electron chi connectivity index (χ3n) is 3.88. The van der Waals surface area contributed by atoms with E-state index in [2.05, 4.69) is 20.6 Å². The smallest absolute Gasteiger partial charge is 0.268 e. The van der Waals surface area contributed by atoms with Crippen LogP contribution in [0.3, 0.4) is 0 Å². The summed E-state index contributed by atoms with van der Waals surface area (Å²) in [5, 5.41) is 6.38. The SMILES string of the molecule is CCN(CCCNC(=O)CNC(=O)c1cc2cc(Cl)ncc2[nH]1)C(C)=O. The lowest BCUT2D eigenvalue weighted by Gasteiger charge is -2.18. The molecular formula is C17H22ClN5O3. The minimum absolute atomic E-state index is 0.0147. The number of hydrogen-bond acceptors (Lipinski definition) is 4. The van der Waals surface area contributed by atoms with E-state index in [1.165, 1.54) is 6.92 Å². The molecule has 3 amide bonds. The van der Waals surface area contributed by atoms with Gasteiger partial charge in [-0.25, -0.2) is 4.98 Å². The van der Waals surface area contributed by atoms with Crippen LogP contribution in [0.5, 0.6) is 0 Å². The standard InChI is InChI=1S/C17H22ClN5O3/c1-3-23(11(2)24)6-4-5-19-16(25)10-21-17(26)13-7-12-8-15(18)20-9-14(12)22-13/h7-9,22H,3-6,10H2,1-2H3,(H,19,25)(H,21,26). The monoisotopic (exact) mass is 379 g/mol. The molecule has 26 heavy (non-hydrogen) atoms. The minimum atomic E-state index is -0.388. The van der Waals surface area contributed by atoms with Crippen molar-refractivity contribution in [2.45, 2.75) is 20.3 Å². The Balaban J connectivity index is 1.74. The molecule has 8 nitrogen and oxygen atoms in total. The molecule has 0 radical (unpaired) electrons. The van der Waals surface area contributed by atoms with Crippen molar-refractivity contribution in [1.29, 1.82) is 0 Å². The Hall–Kier alpha value is -2.61. The fraction of sp³-hybridized carbons (Fsp3) is 0.412. The van der Waals surface area contributed by atoms with E-state index in [9.17, 15) is 14.4 Å². The van der Waals surface area contributed by atoms with Gasteiger partial charge in [-0.3, -0.25) is 14.4 Å². The van der Waals surface area contributed by atoms with Gasteiger partial charge in [0.05, 0.1) is 18.3 Å². The van der Waals surface area contributed by atoms with E-state index >= 15 is 0 Å². The maximum Gasteiger partial charge on any atom is 0.268 e. The van der Waals surface area contributed by atoms with Crippen molar-refractivity contribution in [1.82, 2.24) is 25.5 Å². The maximum atomic E-state index is 12.1. The normalized spacial score (nSPS) is 10.6. The lowest BCUT2D eigenvalue weighted by Crippen LogP contribution is -2.38. The van der Waals surface area contributed by atoms with E-state index in [1.54, 1.807) is 23.2 Å². The summed E-state index contributed by atoms with van der Waals surface area (Å²) in [6, 6.07) is 3.30. The zero-order chi connectivity index (χ0) is 19.1. The first-order valence-corrected chi connectivity index (χ1v) is 8.73. The molecule has 0 bridgehead atoms. The Morgan fingerprint density at radius 2 is 2.04 bits per heavy atom. The van der Waals surface area contributed by atoms with Gasteiger partial charge in [0.1, 0.15) is 10.8 Å². The van der Waals surface area contributed by atoms with E-state index in [-0.39, 0.29) is 24.3 Å². The van der Waals surface area contributed by atoms with Gasteiger partial charge in [-0.05, 0) is 25.5 Å². The number of aromatic amines is 1. The number of nitrogens with zero attached hydrogens (tertiary/aromatic N) is 2. The van der Waals surface area contributed by atoms with E-state index < -0.39 is 0 Å². The van der Waals surface area contributed by atoms with Gasteiger partial charge in [0.25, 0.3) is 5.91 Å². The van der Waals surface area contributed by atoms with Crippen molar-refractivity contribution in [3.8, 4) is 0 Å². The Morgan fingerprint density at radius 1 is 1.27 bits per heavy atom. The number of carbonyl (C=O) groups is 3. The van der Waals surface area contributed by atoms with Crippen LogP contribution in [0, 0.1) is 0 Å². The van der Waals surface area contributed by atoms with Crippen LogP contribution in [0.2, 0.25) is 5.15 Å². The summed E-state index contributed by atoms with van der Waals surface area (Å²) in [6.45, 7) is 4.97. The molecule has 0 saturated heterocycles. The summed E-state index contributed by atoms with van der Waals surface area (Å²) in [5.74, 6) is -0.660. The van der Waals surface area contributed by atoms with E-state index in [0.717, 1.165) is 5.39 Å². The third kappa shape index (κ3) is 5.45. The quantitative estimate of drug-likeness (QED) is 0.475. The van der Waals surface area contributed by atoms with E-state index in [0.29, 0.717) is 42.4 Å². The molecule has 0 spiro atoms. The second kappa shape index (κ2) is 9.19. The molecule has 2 rings (SSSR count). The number of aromatic nitrogens is 2. The molecule has 0 unspecified atom stereocenters. The number of fused-ring (bicyclic) bond motifs is 1. The van der Waals surface area contributed by atoms with Crippen LogP contribution in [0.15, 0.2) is 18.3 Å². The van der Waals surface area contributed by atoms with E-state index in [1.807, 2.05) is 6.92 Å². The Labute approximate surface area is 156 Å². The third-order valence-corrected chi connectivity index (χ3v) is 4.09. The molecule has 0 saturated carbocycles. The van der Waals surface area contributed by atoms with Crippen molar-refractivity contribution < 1.29 is 14.4 Å². The number of nitrogens with one attached hydrogen (secondary N) is 3. The highest BCUT2D eigenvalue weighted by molar-refractivity contribution is 6.30. The first-order valence-electron chi connectivity index (χ1n) is 8.35. The predicted molar refractivity (Wildman–Crippen MR) is 99.0 cm³/mol. The minimum Gasteiger partial charge on any atom is -0.355 e. The van der Waals surface area contributed by atoms with Crippen LogP contribution < -0.4 is 10.6 Å². The van der Waals surface area contributed by atoms with Crippen molar-refractivity contribution in [3.63, 3.8) is 0 Å². The molecule has 0 aliphatic heterocycles. The van der Waals surface area contributed by atoms with Gasteiger partial charge >= 0.3 is 0 Å². The number of hydrogen-bond donors (Lipinski definition) is 3. The first-order chi connectivity index (χ1) is 12.4. The fourth-order valence-electron chi connectivity index (χ4n) is 2.48. The summed E-state index contributed by atoms with van der Waals surface area (Å²) in [5.41, 5.74) is 1.02. The topological polar surface area (TPSA) is 107 Å². The number of rotatable bonds is 8. The molecule has 0 atom stereocenters. The van der Waals surface area contributed by atoms with Crippen molar-refractivity contribution in [2.24, 2.45) is 0 Å². The molecule has 0 fully saturated rings. The highest BCUT2D eigenvalue weighted by Gasteiger charge is 2.12. The van der Waals surface area contributed by atoms with E-state index in [4.69, 9.17) is 11.6 Å². The average molecular weight is 380 g/mol. The number of pyridine rings is 1. The molecule has 0 aromatic carbocycles. The second-order valence-corrected chi connectivity index (χ2v) is 6.15. The van der Waals surface area contributed by atoms with Crippen LogP contribution in [0.4, 0.5) is 0 Å². The van der Waals surface area contributed by atoms with Crippen molar-refractivity contribution >= 4 is 40.2 Å². The van der Waals surface area contributed by atoms with Gasteiger partial charge in [0.15, 0.2) is 0 Å². The largest absolute Gasteiger partial charge is 0.355 e. The zero-order valence-corrected chi connectivity index (χ0v) is 15.5. The van der Waals surface area contributed by atoms with Gasteiger partial charge in [0, 0.05) is 31.9 Å². The molecule has 3 N–H and O–H groups in total. The van der Waals surface area contributed by atoms with Gasteiger partial charge in [0.2, 0.25) is 11.8 Å². The molecule has 140 valence electrons. The molecule has 9 heteroatoms. The second-order valence-electron chi connectivity index (χ2n) is 5.76. The molecule has 2 aromatic heterocycles. The maximum absolute atomic E-state index is 12.1. The van der Waals surface area contributed by atoms with Crippen molar-refractivity contribution in [2.75, 3.05) is 26.2 Å². The molecule has 2 heterocycles. The Kier molecular flexibility index (Phi) is 6.97. The average Bonchev–Trinajstić information content (AvgIpc) is 3.02. The number of carbonyl (C=O) groups excluding carboxylic acids is 3. The van der Waals surface area contributed by atoms with Gasteiger partial charge in [-0.15, -0.1) is 0 Å². The van der Waals surface area contributed by atoms with Crippen LogP contribution in [0.1, 0.15) is 30.8 Å². The lowest BCUT2D eigenvalue weighted by atomic mass is 10.3. The fourth-order valence-corrected chi connectivity index (χ4v) is 2.65. The van der Waals surface area contributed by atoms with Gasteiger partial charge < -0.3 is 20.5 Å². The van der Waals surface area contributed by atoms with Crippen LogP contribution >= 0.6 is 11.6 Å². The highest BCUT2D eigenvalue weighted by Crippen LogP contribution is 2.17. The number of halogens is 1. The van der Waals surface area contributed by atoms with Crippen molar-refractivity contribution in [3.05, 3.63) is 29.2 Å². The van der Waals surface area contributed by atoms with Gasteiger partial charge in [-0.1, -0.05) is 11.6 Å². The Bertz CT molecular complexity index is 805. The summed E-state index contributed by atoms with van der Waals surface area (Å²) in [4.78, 5) is 43.8. The summed E-state index contributed by atoms with van der Waals surface area (Å²) in [7, 11) is 0. The molecule has 0 aliphatic carbocycles. The first kappa shape index (κ1) is 19.7. The number of amides is 3. The summed E-state index contributed by atoms with van der Waals surface area (Å²) >= 11 is 5.82. The van der Waals surface area contributed by atoms with Gasteiger partial charge in [-0.2, -0.15) is 0 Å². The van der Waals surface area contributed by atoms with Crippen LogP contribution in [0.25, 0.3) is 10.9 Å². The predicted octanol–water partition coefficient (Wildman–Crippen LogP) is 1.32. The number of H-pyrrole nitrogens is 1.